The molecule has 0 saturated carbocycles. The number of alkyl halides is 3. The minimum Gasteiger partial charge on any atom is -0.406 e. The first-order valence-electron chi connectivity index (χ1n) is 7.16. The summed E-state index contributed by atoms with van der Waals surface area (Å²) in [5.41, 5.74) is 0.987. The summed E-state index contributed by atoms with van der Waals surface area (Å²) < 4.78 is 40.1. The van der Waals surface area contributed by atoms with Gasteiger partial charge in [-0.2, -0.15) is 0 Å². The molecule has 1 N–H and O–H groups in total. The van der Waals surface area contributed by atoms with Gasteiger partial charge in [0, 0.05) is 13.1 Å². The van der Waals surface area contributed by atoms with E-state index in [1.807, 2.05) is 7.05 Å². The van der Waals surface area contributed by atoms with Gasteiger partial charge in [-0.1, -0.05) is 12.1 Å². The number of nitrogens with one attached hydrogen (secondary N) is 1. The van der Waals surface area contributed by atoms with Gasteiger partial charge in [0.15, 0.2) is 0 Å². The van der Waals surface area contributed by atoms with Gasteiger partial charge in [0.25, 0.3) is 0 Å². The average Bonchev–Trinajstić information content (AvgIpc) is 2.40. The molecule has 0 atom stereocenters. The average molecular weight is 339 g/mol. The fraction of sp³-hybridized carbons (Fsp3) is 0.600. The van der Waals surface area contributed by atoms with E-state index in [1.54, 1.807) is 12.1 Å². The summed E-state index contributed by atoms with van der Waals surface area (Å²) in [4.78, 5) is 2.22. The van der Waals surface area contributed by atoms with Crippen LogP contribution in [-0.2, 0) is 6.54 Å². The van der Waals surface area contributed by atoms with Crippen LogP contribution in [0.2, 0.25) is 0 Å². The SMILES string of the molecule is CN(Cc1ccc(OC(F)(F)F)cc1)CC1CCNCC1.Cl. The van der Waals surface area contributed by atoms with E-state index in [0.717, 1.165) is 31.7 Å². The Hall–Kier alpha value is -0.980. The van der Waals surface area contributed by atoms with Crippen molar-refractivity contribution >= 4 is 12.4 Å². The number of hydrogen-bond acceptors (Lipinski definition) is 3. The molecule has 1 fully saturated rings. The molecule has 7 heteroatoms. The topological polar surface area (TPSA) is 24.5 Å². The van der Waals surface area contributed by atoms with Gasteiger partial charge in [-0.3, -0.25) is 0 Å². The van der Waals surface area contributed by atoms with Gasteiger partial charge in [0.05, 0.1) is 0 Å². The largest absolute Gasteiger partial charge is 0.573 e. The van der Waals surface area contributed by atoms with E-state index in [9.17, 15) is 13.2 Å². The molecule has 0 bridgehead atoms. The van der Waals surface area contributed by atoms with Crippen LogP contribution in [0.3, 0.4) is 0 Å². The van der Waals surface area contributed by atoms with Crippen molar-refractivity contribution < 1.29 is 17.9 Å². The summed E-state index contributed by atoms with van der Waals surface area (Å²) in [6.07, 6.45) is -2.27. The molecule has 0 unspecified atom stereocenters. The van der Waals surface area contributed by atoms with Crippen molar-refractivity contribution in [1.29, 1.82) is 0 Å². The van der Waals surface area contributed by atoms with Gasteiger partial charge in [-0.25, -0.2) is 0 Å². The minimum absolute atomic E-state index is 0. The Bertz CT molecular complexity index is 433. The highest BCUT2D eigenvalue weighted by molar-refractivity contribution is 5.85. The van der Waals surface area contributed by atoms with Gasteiger partial charge in [0.1, 0.15) is 5.75 Å². The molecular weight excluding hydrogens is 317 g/mol. The Balaban J connectivity index is 0.00000242. The smallest absolute Gasteiger partial charge is 0.406 e. The predicted molar refractivity (Wildman–Crippen MR) is 82.3 cm³/mol. The fourth-order valence-corrected chi connectivity index (χ4v) is 2.68. The third-order valence-corrected chi connectivity index (χ3v) is 3.64. The number of rotatable bonds is 5. The third-order valence-electron chi connectivity index (χ3n) is 3.64. The molecule has 126 valence electrons. The molecule has 0 aromatic heterocycles. The van der Waals surface area contributed by atoms with Crippen molar-refractivity contribution in [1.82, 2.24) is 10.2 Å². The number of hydrogen-bond donors (Lipinski definition) is 1. The molecule has 3 nitrogen and oxygen atoms in total. The number of halogens is 4. The Labute approximate surface area is 135 Å². The maximum atomic E-state index is 12.1. The second-order valence-electron chi connectivity index (χ2n) is 5.58. The van der Waals surface area contributed by atoms with Crippen LogP contribution in [0.1, 0.15) is 18.4 Å². The van der Waals surface area contributed by atoms with Gasteiger partial charge < -0.3 is 15.0 Å². The predicted octanol–water partition coefficient (Wildman–Crippen LogP) is 3.44. The zero-order chi connectivity index (χ0) is 15.3. The highest BCUT2D eigenvalue weighted by Gasteiger charge is 2.30. The molecule has 22 heavy (non-hydrogen) atoms. The molecule has 1 aliphatic heterocycles. The third kappa shape index (κ3) is 6.85. The maximum Gasteiger partial charge on any atom is 0.573 e. The van der Waals surface area contributed by atoms with E-state index >= 15 is 0 Å². The van der Waals surface area contributed by atoms with Crippen molar-refractivity contribution in [3.63, 3.8) is 0 Å². The first kappa shape index (κ1) is 19.1. The van der Waals surface area contributed by atoms with Crippen LogP contribution in [-0.4, -0.2) is 37.9 Å². The monoisotopic (exact) mass is 338 g/mol. The molecular formula is C15H22ClF3N2O. The van der Waals surface area contributed by atoms with E-state index in [2.05, 4.69) is 15.0 Å². The molecule has 0 amide bonds. The Morgan fingerprint density at radius 2 is 1.77 bits per heavy atom. The summed E-state index contributed by atoms with van der Waals surface area (Å²) in [5, 5.41) is 3.34. The van der Waals surface area contributed by atoms with Crippen molar-refractivity contribution in [3.8, 4) is 5.75 Å². The molecule has 1 saturated heterocycles. The van der Waals surface area contributed by atoms with Crippen molar-refractivity contribution in [2.24, 2.45) is 5.92 Å². The first-order chi connectivity index (χ1) is 9.92. The van der Waals surface area contributed by atoms with Crippen LogP contribution >= 0.6 is 12.4 Å². The fourth-order valence-electron chi connectivity index (χ4n) is 2.68. The van der Waals surface area contributed by atoms with Crippen molar-refractivity contribution in [3.05, 3.63) is 29.8 Å². The summed E-state index contributed by atoms with van der Waals surface area (Å²) >= 11 is 0. The summed E-state index contributed by atoms with van der Waals surface area (Å²) in [6.45, 7) is 3.89. The molecule has 1 aromatic rings. The van der Waals surface area contributed by atoms with Crippen LogP contribution in [0, 0.1) is 5.92 Å². The minimum atomic E-state index is -4.63. The Kier molecular flexibility index (Phi) is 7.45. The number of nitrogens with zero attached hydrogens (tertiary/aromatic N) is 1. The lowest BCUT2D eigenvalue weighted by Crippen LogP contribution is -2.34. The summed E-state index contributed by atoms with van der Waals surface area (Å²) in [6, 6.07) is 6.09. The molecule has 1 aliphatic rings. The zero-order valence-electron chi connectivity index (χ0n) is 12.5. The van der Waals surface area contributed by atoms with Crippen LogP contribution < -0.4 is 10.1 Å². The van der Waals surface area contributed by atoms with Gasteiger partial charge in [0.2, 0.25) is 0 Å². The lowest BCUT2D eigenvalue weighted by molar-refractivity contribution is -0.274. The van der Waals surface area contributed by atoms with E-state index in [0.29, 0.717) is 5.92 Å². The van der Waals surface area contributed by atoms with Crippen molar-refractivity contribution in [2.45, 2.75) is 25.7 Å². The van der Waals surface area contributed by atoms with Gasteiger partial charge in [-0.05, 0) is 56.6 Å². The number of benzene rings is 1. The van der Waals surface area contributed by atoms with E-state index in [-0.39, 0.29) is 18.2 Å². The van der Waals surface area contributed by atoms with E-state index in [4.69, 9.17) is 0 Å². The quantitative estimate of drug-likeness (QED) is 0.890. The second-order valence-corrected chi connectivity index (χ2v) is 5.58. The van der Waals surface area contributed by atoms with Crippen LogP contribution in [0.4, 0.5) is 13.2 Å². The Morgan fingerprint density at radius 3 is 2.32 bits per heavy atom. The molecule has 0 spiro atoms. The van der Waals surface area contributed by atoms with Gasteiger partial charge in [-0.15, -0.1) is 25.6 Å². The second kappa shape index (κ2) is 8.60. The normalized spacial score (nSPS) is 16.4. The Morgan fingerprint density at radius 1 is 1.18 bits per heavy atom. The molecule has 0 aliphatic carbocycles. The summed E-state index contributed by atoms with van der Waals surface area (Å²) in [7, 11) is 2.04. The molecule has 1 aromatic carbocycles. The zero-order valence-corrected chi connectivity index (χ0v) is 13.3. The maximum absolute atomic E-state index is 12.1. The molecule has 2 rings (SSSR count). The van der Waals surface area contributed by atoms with Crippen LogP contribution in [0.25, 0.3) is 0 Å². The first-order valence-corrected chi connectivity index (χ1v) is 7.16. The van der Waals surface area contributed by atoms with Gasteiger partial charge >= 0.3 is 6.36 Å². The van der Waals surface area contributed by atoms with Crippen molar-refractivity contribution in [2.75, 3.05) is 26.7 Å². The highest BCUT2D eigenvalue weighted by Crippen LogP contribution is 2.23. The molecule has 0 radical (unpaired) electrons. The van der Waals surface area contributed by atoms with Crippen LogP contribution in [0.5, 0.6) is 5.75 Å². The van der Waals surface area contributed by atoms with E-state index in [1.165, 1.54) is 25.0 Å². The highest BCUT2D eigenvalue weighted by atomic mass is 35.5. The lowest BCUT2D eigenvalue weighted by atomic mass is 9.97. The van der Waals surface area contributed by atoms with Crippen LogP contribution in [0.15, 0.2) is 24.3 Å². The van der Waals surface area contributed by atoms with E-state index < -0.39 is 6.36 Å². The molecule has 1 heterocycles. The number of piperidine rings is 1. The number of ether oxygens (including phenoxy) is 1. The lowest BCUT2D eigenvalue weighted by Gasteiger charge is -2.27. The standard InChI is InChI=1S/C15H21F3N2O.ClH/c1-20(11-13-6-8-19-9-7-13)10-12-2-4-14(5-3-12)21-15(16,17)18;/h2-5,13,19H,6-11H2,1H3;1H. The summed E-state index contributed by atoms with van der Waals surface area (Å²) in [5.74, 6) is 0.524.